The number of anilines is 1. The third-order valence-corrected chi connectivity index (χ3v) is 10.5. The second kappa shape index (κ2) is 15.9. The molecule has 1 aliphatic carbocycles. The summed E-state index contributed by atoms with van der Waals surface area (Å²) in [5, 5.41) is 3.16. The minimum absolute atomic E-state index is 0.0158. The van der Waals surface area contributed by atoms with Gasteiger partial charge >= 0.3 is 0 Å². The Morgan fingerprint density at radius 2 is 1.54 bits per heavy atom. The van der Waals surface area contributed by atoms with Crippen LogP contribution in [0.3, 0.4) is 0 Å². The van der Waals surface area contributed by atoms with Crippen LogP contribution >= 0.6 is 0 Å². The standard InChI is InChI=1S/C38H42FN3O5S/c1-28-22-23-36(47-2)34(24-28)42(48(45,46)32-19-10-5-11-20-32)27-37(43)41(26-30-16-12-13-21-33(30)39)35(25-29-14-6-3-7-15-29)38(44)40-31-17-8-4-9-18-31/h3,5-7,10-16,19-24,31,35H,4,8-9,17-18,25-27H2,1-2H3,(H,40,44)/t35-/m0/s1. The molecule has 4 aromatic carbocycles. The lowest BCUT2D eigenvalue weighted by molar-refractivity contribution is -0.140. The van der Waals surface area contributed by atoms with Crippen LogP contribution in [0.4, 0.5) is 10.1 Å². The Morgan fingerprint density at radius 1 is 0.896 bits per heavy atom. The lowest BCUT2D eigenvalue weighted by Crippen LogP contribution is -2.55. The lowest BCUT2D eigenvalue weighted by Gasteiger charge is -2.35. The number of rotatable bonds is 13. The second-order valence-corrected chi connectivity index (χ2v) is 14.0. The van der Waals surface area contributed by atoms with E-state index in [1.807, 2.05) is 37.3 Å². The largest absolute Gasteiger partial charge is 0.495 e. The fourth-order valence-corrected chi connectivity index (χ4v) is 7.57. The number of ether oxygens (including phenoxy) is 1. The second-order valence-electron chi connectivity index (χ2n) is 12.2. The van der Waals surface area contributed by atoms with Crippen molar-refractivity contribution in [2.75, 3.05) is 18.0 Å². The minimum Gasteiger partial charge on any atom is -0.495 e. The maximum absolute atomic E-state index is 15.2. The van der Waals surface area contributed by atoms with Gasteiger partial charge in [-0.1, -0.05) is 92.1 Å². The highest BCUT2D eigenvalue weighted by Crippen LogP contribution is 2.34. The van der Waals surface area contributed by atoms with Gasteiger partial charge in [0.05, 0.1) is 17.7 Å². The highest BCUT2D eigenvalue weighted by molar-refractivity contribution is 7.92. The predicted octanol–water partition coefficient (Wildman–Crippen LogP) is 6.43. The predicted molar refractivity (Wildman–Crippen MR) is 185 cm³/mol. The van der Waals surface area contributed by atoms with Gasteiger partial charge in [-0.15, -0.1) is 0 Å². The molecule has 1 N–H and O–H groups in total. The van der Waals surface area contributed by atoms with E-state index in [0.717, 1.165) is 47.5 Å². The van der Waals surface area contributed by atoms with E-state index in [2.05, 4.69) is 5.32 Å². The van der Waals surface area contributed by atoms with E-state index >= 15 is 4.39 Å². The Kier molecular flexibility index (Phi) is 11.5. The average molecular weight is 672 g/mol. The van der Waals surface area contributed by atoms with Crippen LogP contribution in [0.25, 0.3) is 0 Å². The molecule has 0 aromatic heterocycles. The first-order valence-electron chi connectivity index (χ1n) is 16.3. The summed E-state index contributed by atoms with van der Waals surface area (Å²) in [5.74, 6) is -1.30. The molecule has 1 aliphatic rings. The molecule has 0 unspecified atom stereocenters. The van der Waals surface area contributed by atoms with Gasteiger partial charge in [-0.25, -0.2) is 12.8 Å². The van der Waals surface area contributed by atoms with Gasteiger partial charge in [0.15, 0.2) is 0 Å². The third kappa shape index (κ3) is 8.41. The fourth-order valence-electron chi connectivity index (χ4n) is 6.14. The van der Waals surface area contributed by atoms with Crippen LogP contribution in [-0.4, -0.2) is 50.9 Å². The molecule has 1 fully saturated rings. The molecule has 0 aliphatic heterocycles. The summed E-state index contributed by atoms with van der Waals surface area (Å²) in [4.78, 5) is 30.2. The van der Waals surface area contributed by atoms with Crippen molar-refractivity contribution in [1.82, 2.24) is 10.2 Å². The first kappa shape index (κ1) is 34.6. The van der Waals surface area contributed by atoms with Crippen LogP contribution in [0.5, 0.6) is 5.75 Å². The molecule has 252 valence electrons. The number of halogens is 1. The topological polar surface area (TPSA) is 96.0 Å². The van der Waals surface area contributed by atoms with Gasteiger partial charge in [0.25, 0.3) is 10.0 Å². The van der Waals surface area contributed by atoms with E-state index in [0.29, 0.717) is 0 Å². The van der Waals surface area contributed by atoms with Crippen LogP contribution in [0, 0.1) is 12.7 Å². The highest BCUT2D eigenvalue weighted by atomic mass is 32.2. The monoisotopic (exact) mass is 671 g/mol. The van der Waals surface area contributed by atoms with Crippen molar-refractivity contribution in [3.8, 4) is 5.75 Å². The SMILES string of the molecule is COc1ccc(C)cc1N(CC(=O)N(Cc1ccccc1F)[C@@H](Cc1ccccc1)C(=O)NC1CCCCC1)S(=O)(=O)c1ccccc1. The van der Waals surface area contributed by atoms with Gasteiger partial charge < -0.3 is 15.0 Å². The molecule has 1 atom stereocenters. The van der Waals surface area contributed by atoms with Gasteiger partial charge in [0, 0.05) is 24.6 Å². The van der Waals surface area contributed by atoms with Crippen LogP contribution in [0.1, 0.15) is 48.8 Å². The van der Waals surface area contributed by atoms with Crippen molar-refractivity contribution < 1.29 is 27.1 Å². The summed E-state index contributed by atoms with van der Waals surface area (Å²) in [7, 11) is -2.88. The van der Waals surface area contributed by atoms with Crippen molar-refractivity contribution in [3.05, 3.63) is 126 Å². The highest BCUT2D eigenvalue weighted by Gasteiger charge is 2.36. The van der Waals surface area contributed by atoms with Crippen molar-refractivity contribution >= 4 is 27.5 Å². The molecule has 8 nitrogen and oxygen atoms in total. The van der Waals surface area contributed by atoms with Crippen molar-refractivity contribution in [3.63, 3.8) is 0 Å². The zero-order valence-corrected chi connectivity index (χ0v) is 28.2. The van der Waals surface area contributed by atoms with E-state index in [1.165, 1.54) is 30.2 Å². The number of hydrogen-bond donors (Lipinski definition) is 1. The molecular weight excluding hydrogens is 629 g/mol. The summed E-state index contributed by atoms with van der Waals surface area (Å²) >= 11 is 0. The molecule has 10 heteroatoms. The molecule has 0 saturated heterocycles. The number of carbonyl (C=O) groups is 2. The van der Waals surface area contributed by atoms with E-state index < -0.39 is 34.3 Å². The number of nitrogens with one attached hydrogen (secondary N) is 1. The molecule has 1 saturated carbocycles. The molecule has 0 radical (unpaired) electrons. The molecule has 5 rings (SSSR count). The van der Waals surface area contributed by atoms with Crippen LogP contribution < -0.4 is 14.4 Å². The number of hydrogen-bond acceptors (Lipinski definition) is 5. The Hall–Kier alpha value is -4.70. The molecule has 48 heavy (non-hydrogen) atoms. The number of carbonyl (C=O) groups excluding carboxylic acids is 2. The van der Waals surface area contributed by atoms with E-state index in [-0.39, 0.29) is 46.8 Å². The summed E-state index contributed by atoms with van der Waals surface area (Å²) < 4.78 is 50.4. The van der Waals surface area contributed by atoms with Crippen LogP contribution in [0.15, 0.2) is 108 Å². The zero-order valence-electron chi connectivity index (χ0n) is 27.3. The third-order valence-electron chi connectivity index (χ3n) is 8.73. The smallest absolute Gasteiger partial charge is 0.264 e. The van der Waals surface area contributed by atoms with E-state index in [4.69, 9.17) is 4.74 Å². The first-order valence-corrected chi connectivity index (χ1v) is 17.7. The van der Waals surface area contributed by atoms with Gasteiger partial charge in [-0.05, 0) is 61.2 Å². The molecule has 2 amide bonds. The number of aryl methyl sites for hydroxylation is 1. The number of amides is 2. The summed E-state index contributed by atoms with van der Waals surface area (Å²) in [6.07, 6.45) is 4.92. The number of methoxy groups -OCH3 is 1. The Labute approximate surface area is 282 Å². The molecule has 4 aromatic rings. The van der Waals surface area contributed by atoms with Gasteiger partial charge in [0.2, 0.25) is 11.8 Å². The van der Waals surface area contributed by atoms with E-state index in [1.54, 1.807) is 54.6 Å². The fraction of sp³-hybridized carbons (Fsp3) is 0.316. The van der Waals surface area contributed by atoms with Crippen molar-refractivity contribution in [2.24, 2.45) is 0 Å². The van der Waals surface area contributed by atoms with Gasteiger partial charge in [-0.2, -0.15) is 0 Å². The molecule has 0 bridgehead atoms. The maximum atomic E-state index is 15.2. The zero-order chi connectivity index (χ0) is 34.1. The average Bonchev–Trinajstić information content (AvgIpc) is 3.10. The van der Waals surface area contributed by atoms with E-state index in [9.17, 15) is 18.0 Å². The Balaban J connectivity index is 1.60. The first-order chi connectivity index (χ1) is 23.2. The normalized spacial score (nSPS) is 14.1. The van der Waals surface area contributed by atoms with Gasteiger partial charge in [-0.3, -0.25) is 13.9 Å². The maximum Gasteiger partial charge on any atom is 0.264 e. The minimum atomic E-state index is -4.31. The summed E-state index contributed by atoms with van der Waals surface area (Å²) in [5.41, 5.74) is 1.94. The Bertz CT molecular complexity index is 1800. The lowest BCUT2D eigenvalue weighted by atomic mass is 9.94. The van der Waals surface area contributed by atoms with Crippen molar-refractivity contribution in [2.45, 2.75) is 69.0 Å². The molecule has 0 heterocycles. The quantitative estimate of drug-likeness (QED) is 0.177. The number of nitrogens with zero attached hydrogens (tertiary/aromatic N) is 2. The summed E-state index contributed by atoms with van der Waals surface area (Å²) in [6.45, 7) is 0.910. The van der Waals surface area contributed by atoms with Crippen molar-refractivity contribution in [1.29, 1.82) is 0 Å². The van der Waals surface area contributed by atoms with Gasteiger partial charge in [0.1, 0.15) is 24.2 Å². The number of benzene rings is 4. The number of sulfonamides is 1. The molecule has 0 spiro atoms. The molecular formula is C38H42FN3O5S. The Morgan fingerprint density at radius 3 is 2.21 bits per heavy atom. The van der Waals surface area contributed by atoms with Crippen LogP contribution in [-0.2, 0) is 32.6 Å². The summed E-state index contributed by atoms with van der Waals surface area (Å²) in [6, 6.07) is 27.2. The van der Waals surface area contributed by atoms with Crippen LogP contribution in [0.2, 0.25) is 0 Å².